The standard InChI is InChI=1S/C9H18O10S/c10-1-4(11)2-18-9-8(14)7(13)6(12)5(19-9)3-20(15,16)17/h4-14H,1-3H2,(H,15,16,17)/t4-,5-,6-,7+,8-,9+/m1/s1. The van der Waals surface area contributed by atoms with Crippen LogP contribution < -0.4 is 0 Å². The highest BCUT2D eigenvalue weighted by Gasteiger charge is 2.45. The van der Waals surface area contributed by atoms with Crippen LogP contribution in [0.2, 0.25) is 0 Å². The Labute approximate surface area is 114 Å². The van der Waals surface area contributed by atoms with E-state index in [1.165, 1.54) is 0 Å². The van der Waals surface area contributed by atoms with E-state index < -0.39 is 65.9 Å². The van der Waals surface area contributed by atoms with Gasteiger partial charge in [0.25, 0.3) is 10.1 Å². The fraction of sp³-hybridized carbons (Fsp3) is 1.00. The van der Waals surface area contributed by atoms with Crippen LogP contribution in [0, 0.1) is 0 Å². The summed E-state index contributed by atoms with van der Waals surface area (Å²) in [4.78, 5) is 0. The van der Waals surface area contributed by atoms with E-state index in [4.69, 9.17) is 24.2 Å². The number of hydrogen-bond acceptors (Lipinski definition) is 9. The molecule has 0 unspecified atom stereocenters. The Morgan fingerprint density at radius 2 is 1.75 bits per heavy atom. The zero-order chi connectivity index (χ0) is 15.5. The van der Waals surface area contributed by atoms with Crippen LogP contribution in [-0.4, -0.2) is 94.3 Å². The second kappa shape index (κ2) is 7.06. The van der Waals surface area contributed by atoms with Crippen LogP contribution >= 0.6 is 0 Å². The summed E-state index contributed by atoms with van der Waals surface area (Å²) in [5.41, 5.74) is 0. The van der Waals surface area contributed by atoms with E-state index >= 15 is 0 Å². The Morgan fingerprint density at radius 1 is 1.15 bits per heavy atom. The summed E-state index contributed by atoms with van der Waals surface area (Å²) in [6.45, 7) is -1.05. The first-order chi connectivity index (χ1) is 9.15. The Hall–Kier alpha value is -0.370. The average molecular weight is 318 g/mol. The molecule has 120 valence electrons. The van der Waals surface area contributed by atoms with Crippen LogP contribution in [0.1, 0.15) is 0 Å². The lowest BCUT2D eigenvalue weighted by Gasteiger charge is -2.40. The van der Waals surface area contributed by atoms with Crippen LogP contribution in [0.4, 0.5) is 0 Å². The van der Waals surface area contributed by atoms with Crippen molar-refractivity contribution in [3.05, 3.63) is 0 Å². The predicted molar refractivity (Wildman–Crippen MR) is 62.1 cm³/mol. The van der Waals surface area contributed by atoms with Crippen molar-refractivity contribution in [3.63, 3.8) is 0 Å². The SMILES string of the molecule is O=S(=O)(O)C[C@H]1O[C@H](OC[C@H](O)CO)[C@H](O)[C@@H](O)[C@@H]1O. The van der Waals surface area contributed by atoms with E-state index in [9.17, 15) is 23.7 Å². The van der Waals surface area contributed by atoms with Crippen molar-refractivity contribution in [2.24, 2.45) is 0 Å². The van der Waals surface area contributed by atoms with Crippen molar-refractivity contribution < 1.29 is 48.0 Å². The molecule has 0 aliphatic carbocycles. The molecule has 0 amide bonds. The van der Waals surface area contributed by atoms with Gasteiger partial charge in [0.1, 0.15) is 36.3 Å². The van der Waals surface area contributed by atoms with Crippen molar-refractivity contribution in [3.8, 4) is 0 Å². The Morgan fingerprint density at radius 3 is 2.25 bits per heavy atom. The molecule has 1 fully saturated rings. The Balaban J connectivity index is 2.70. The van der Waals surface area contributed by atoms with Crippen LogP contribution in [0.25, 0.3) is 0 Å². The van der Waals surface area contributed by atoms with Gasteiger partial charge in [0.2, 0.25) is 0 Å². The van der Waals surface area contributed by atoms with Gasteiger partial charge in [0.05, 0.1) is 13.2 Å². The normalized spacial score (nSPS) is 36.8. The van der Waals surface area contributed by atoms with E-state index in [1.807, 2.05) is 0 Å². The lowest BCUT2D eigenvalue weighted by Crippen LogP contribution is -2.60. The van der Waals surface area contributed by atoms with E-state index in [2.05, 4.69) is 0 Å². The summed E-state index contributed by atoms with van der Waals surface area (Å²) in [5, 5.41) is 46.4. The van der Waals surface area contributed by atoms with Gasteiger partial charge in [-0.15, -0.1) is 0 Å². The van der Waals surface area contributed by atoms with Crippen molar-refractivity contribution in [2.45, 2.75) is 36.8 Å². The van der Waals surface area contributed by atoms with Gasteiger partial charge in [-0.1, -0.05) is 0 Å². The molecule has 20 heavy (non-hydrogen) atoms. The van der Waals surface area contributed by atoms with Crippen molar-refractivity contribution in [1.29, 1.82) is 0 Å². The maximum absolute atomic E-state index is 10.8. The van der Waals surface area contributed by atoms with Crippen LogP contribution in [-0.2, 0) is 19.6 Å². The molecule has 1 aliphatic heterocycles. The highest BCUT2D eigenvalue weighted by molar-refractivity contribution is 7.85. The summed E-state index contributed by atoms with van der Waals surface area (Å²) in [7, 11) is -4.48. The fourth-order valence-electron chi connectivity index (χ4n) is 1.66. The number of ether oxygens (including phenoxy) is 2. The van der Waals surface area contributed by atoms with Gasteiger partial charge in [0, 0.05) is 0 Å². The zero-order valence-electron chi connectivity index (χ0n) is 10.3. The second-order valence-corrected chi connectivity index (χ2v) is 5.93. The van der Waals surface area contributed by atoms with Crippen molar-refractivity contribution in [1.82, 2.24) is 0 Å². The first-order valence-electron chi connectivity index (χ1n) is 5.71. The fourth-order valence-corrected chi connectivity index (χ4v) is 2.35. The van der Waals surface area contributed by atoms with E-state index in [0.29, 0.717) is 0 Å². The summed E-state index contributed by atoms with van der Waals surface area (Å²) >= 11 is 0. The molecule has 6 N–H and O–H groups in total. The molecule has 0 spiro atoms. The highest BCUT2D eigenvalue weighted by atomic mass is 32.2. The molecule has 0 aromatic carbocycles. The number of aliphatic hydroxyl groups excluding tert-OH is 5. The van der Waals surface area contributed by atoms with Gasteiger partial charge in [0.15, 0.2) is 6.29 Å². The van der Waals surface area contributed by atoms with Gasteiger partial charge in [-0.2, -0.15) is 8.42 Å². The third-order valence-corrected chi connectivity index (χ3v) is 3.46. The molecule has 0 radical (unpaired) electrons. The molecule has 0 bridgehead atoms. The first kappa shape index (κ1) is 17.7. The molecule has 10 nitrogen and oxygen atoms in total. The Kier molecular flexibility index (Phi) is 6.25. The molecule has 6 atom stereocenters. The first-order valence-corrected chi connectivity index (χ1v) is 7.32. The smallest absolute Gasteiger partial charge is 0.267 e. The van der Waals surface area contributed by atoms with E-state index in [-0.39, 0.29) is 0 Å². The van der Waals surface area contributed by atoms with Gasteiger partial charge in [-0.25, -0.2) is 0 Å². The van der Waals surface area contributed by atoms with E-state index in [1.54, 1.807) is 0 Å². The minimum Gasteiger partial charge on any atom is -0.394 e. The molecular weight excluding hydrogens is 300 g/mol. The maximum atomic E-state index is 10.8. The second-order valence-electron chi connectivity index (χ2n) is 4.43. The molecule has 1 rings (SSSR count). The molecule has 1 saturated heterocycles. The molecule has 0 aromatic heterocycles. The third kappa shape index (κ3) is 4.87. The molecule has 0 saturated carbocycles. The minimum atomic E-state index is -4.48. The monoisotopic (exact) mass is 318 g/mol. The van der Waals surface area contributed by atoms with Gasteiger partial charge in [-0.05, 0) is 0 Å². The summed E-state index contributed by atoms with van der Waals surface area (Å²) in [6.07, 6.45) is -9.48. The van der Waals surface area contributed by atoms with E-state index in [0.717, 1.165) is 0 Å². The van der Waals surface area contributed by atoms with Gasteiger partial charge in [-0.3, -0.25) is 4.55 Å². The van der Waals surface area contributed by atoms with Crippen molar-refractivity contribution >= 4 is 10.1 Å². The van der Waals surface area contributed by atoms with Crippen LogP contribution in [0.15, 0.2) is 0 Å². The third-order valence-electron chi connectivity index (χ3n) is 2.71. The molecular formula is C9H18O10S. The summed E-state index contributed by atoms with van der Waals surface area (Å²) in [5.74, 6) is -1.000. The predicted octanol–water partition coefficient (Wildman–Crippen LogP) is -3.95. The van der Waals surface area contributed by atoms with Crippen LogP contribution in [0.5, 0.6) is 0 Å². The minimum absolute atomic E-state index is 0.445. The number of hydrogen-bond donors (Lipinski definition) is 6. The molecule has 1 aliphatic rings. The zero-order valence-corrected chi connectivity index (χ0v) is 11.1. The number of rotatable bonds is 6. The lowest BCUT2D eigenvalue weighted by atomic mass is 10.00. The van der Waals surface area contributed by atoms with Crippen LogP contribution in [0.3, 0.4) is 0 Å². The average Bonchev–Trinajstić information content (AvgIpc) is 2.36. The summed E-state index contributed by atoms with van der Waals surface area (Å²) < 4.78 is 40.0. The maximum Gasteiger partial charge on any atom is 0.267 e. The molecule has 0 aromatic rings. The highest BCUT2D eigenvalue weighted by Crippen LogP contribution is 2.23. The lowest BCUT2D eigenvalue weighted by molar-refractivity contribution is -0.296. The topological polar surface area (TPSA) is 174 Å². The molecule has 1 heterocycles. The largest absolute Gasteiger partial charge is 0.394 e. The molecule has 11 heteroatoms. The van der Waals surface area contributed by atoms with Crippen molar-refractivity contribution in [2.75, 3.05) is 19.0 Å². The van der Waals surface area contributed by atoms with Gasteiger partial charge >= 0.3 is 0 Å². The van der Waals surface area contributed by atoms with Gasteiger partial charge < -0.3 is 35.0 Å². The summed E-state index contributed by atoms with van der Waals surface area (Å²) in [6, 6.07) is 0. The quantitative estimate of drug-likeness (QED) is 0.265. The number of aliphatic hydroxyl groups is 5. The Bertz CT molecular complexity index is 398.